The molecule has 108 valence electrons. The van der Waals surface area contributed by atoms with Crippen LogP contribution in [0.1, 0.15) is 15.9 Å². The lowest BCUT2D eigenvalue weighted by Crippen LogP contribution is -2.15. The number of thioether (sulfide) groups is 1. The number of rotatable bonds is 4. The highest BCUT2D eigenvalue weighted by Gasteiger charge is 2.23. The molecule has 3 rings (SSSR count). The second kappa shape index (κ2) is 5.77. The zero-order valence-corrected chi connectivity index (χ0v) is 11.9. The third kappa shape index (κ3) is 3.19. The molecule has 1 aliphatic rings. The van der Waals surface area contributed by atoms with Crippen molar-refractivity contribution in [3.8, 4) is 5.75 Å². The normalized spacial score (nSPS) is 16.3. The fourth-order valence-corrected chi connectivity index (χ4v) is 3.16. The minimum atomic E-state index is -0.928. The highest BCUT2D eigenvalue weighted by molar-refractivity contribution is 7.99. The number of carboxylic acid groups (broad SMARTS) is 1. The first-order chi connectivity index (χ1) is 10.1. The van der Waals surface area contributed by atoms with Crippen LogP contribution in [0.15, 0.2) is 47.4 Å². The zero-order chi connectivity index (χ0) is 14.8. The van der Waals surface area contributed by atoms with E-state index in [1.165, 1.54) is 12.1 Å². The van der Waals surface area contributed by atoms with Crippen molar-refractivity contribution < 1.29 is 19.0 Å². The van der Waals surface area contributed by atoms with Gasteiger partial charge in [0.05, 0.1) is 5.56 Å². The molecule has 0 saturated carbocycles. The maximum absolute atomic E-state index is 13.1. The minimum absolute atomic E-state index is 0.0194. The maximum Gasteiger partial charge on any atom is 0.335 e. The predicted molar refractivity (Wildman–Crippen MR) is 78.6 cm³/mol. The Labute approximate surface area is 125 Å². The Bertz CT molecular complexity index is 670. The summed E-state index contributed by atoms with van der Waals surface area (Å²) in [6, 6.07) is 11.3. The molecule has 2 aromatic carbocycles. The summed E-state index contributed by atoms with van der Waals surface area (Å²) in [7, 11) is 0. The first-order valence-corrected chi connectivity index (χ1v) is 7.51. The van der Waals surface area contributed by atoms with Gasteiger partial charge in [0.15, 0.2) is 0 Å². The molecule has 1 heterocycles. The average Bonchev–Trinajstić information content (AvgIpc) is 2.87. The third-order valence-corrected chi connectivity index (χ3v) is 4.44. The molecular formula is C16H13FO3S. The molecule has 0 aliphatic carbocycles. The van der Waals surface area contributed by atoms with E-state index in [-0.39, 0.29) is 17.5 Å². The van der Waals surface area contributed by atoms with Crippen LogP contribution < -0.4 is 4.74 Å². The number of ether oxygens (including phenoxy) is 1. The van der Waals surface area contributed by atoms with E-state index in [0.717, 1.165) is 22.0 Å². The standard InChI is InChI=1S/C16H13FO3S/c17-12-3-6-15-11(7-12)8-13(20-15)9-21-14-4-1-10(2-5-14)16(18)19/h1-7,13H,8-9H2,(H,18,19). The van der Waals surface area contributed by atoms with Crippen molar-refractivity contribution >= 4 is 17.7 Å². The average molecular weight is 304 g/mol. The fraction of sp³-hybridized carbons (Fsp3) is 0.188. The van der Waals surface area contributed by atoms with E-state index in [2.05, 4.69) is 0 Å². The maximum atomic E-state index is 13.1. The number of aromatic carboxylic acids is 1. The summed E-state index contributed by atoms with van der Waals surface area (Å²) in [5.74, 6) is 0.323. The largest absolute Gasteiger partial charge is 0.489 e. The van der Waals surface area contributed by atoms with E-state index < -0.39 is 5.97 Å². The summed E-state index contributed by atoms with van der Waals surface area (Å²) in [4.78, 5) is 11.8. The topological polar surface area (TPSA) is 46.5 Å². The van der Waals surface area contributed by atoms with Gasteiger partial charge in [-0.25, -0.2) is 9.18 Å². The van der Waals surface area contributed by atoms with Crippen LogP contribution in [0.25, 0.3) is 0 Å². The monoisotopic (exact) mass is 304 g/mol. The summed E-state index contributed by atoms with van der Waals surface area (Å²) in [5, 5.41) is 8.84. The van der Waals surface area contributed by atoms with Gasteiger partial charge < -0.3 is 9.84 Å². The molecule has 21 heavy (non-hydrogen) atoms. The molecule has 0 aromatic heterocycles. The Morgan fingerprint density at radius 1 is 1.29 bits per heavy atom. The van der Waals surface area contributed by atoms with Gasteiger partial charge in [-0.2, -0.15) is 0 Å². The second-order valence-electron chi connectivity index (χ2n) is 4.84. The Morgan fingerprint density at radius 2 is 2.05 bits per heavy atom. The van der Waals surface area contributed by atoms with E-state index in [1.54, 1.807) is 42.1 Å². The van der Waals surface area contributed by atoms with Crippen molar-refractivity contribution in [3.63, 3.8) is 0 Å². The fourth-order valence-electron chi connectivity index (χ4n) is 2.26. The van der Waals surface area contributed by atoms with Crippen molar-refractivity contribution in [1.82, 2.24) is 0 Å². The van der Waals surface area contributed by atoms with Crippen LogP contribution in [0.2, 0.25) is 0 Å². The van der Waals surface area contributed by atoms with Crippen LogP contribution in [0.3, 0.4) is 0 Å². The van der Waals surface area contributed by atoms with Crippen molar-refractivity contribution in [3.05, 3.63) is 59.4 Å². The van der Waals surface area contributed by atoms with Gasteiger partial charge in [-0.1, -0.05) is 0 Å². The molecule has 0 amide bonds. The van der Waals surface area contributed by atoms with E-state index in [9.17, 15) is 9.18 Å². The van der Waals surface area contributed by atoms with Gasteiger partial charge in [-0.05, 0) is 42.5 Å². The Morgan fingerprint density at radius 3 is 2.76 bits per heavy atom. The van der Waals surface area contributed by atoms with Gasteiger partial charge in [-0.15, -0.1) is 11.8 Å². The first-order valence-electron chi connectivity index (χ1n) is 6.53. The molecule has 0 spiro atoms. The summed E-state index contributed by atoms with van der Waals surface area (Å²) < 4.78 is 18.9. The van der Waals surface area contributed by atoms with Crippen LogP contribution in [-0.2, 0) is 6.42 Å². The van der Waals surface area contributed by atoms with E-state index >= 15 is 0 Å². The smallest absolute Gasteiger partial charge is 0.335 e. The lowest BCUT2D eigenvalue weighted by Gasteiger charge is -2.10. The van der Waals surface area contributed by atoms with Crippen LogP contribution in [0.5, 0.6) is 5.75 Å². The van der Waals surface area contributed by atoms with E-state index in [0.29, 0.717) is 6.42 Å². The van der Waals surface area contributed by atoms with Crippen molar-refractivity contribution in [2.75, 3.05) is 5.75 Å². The lowest BCUT2D eigenvalue weighted by molar-refractivity contribution is 0.0697. The molecule has 0 radical (unpaired) electrons. The number of hydrogen-bond acceptors (Lipinski definition) is 3. The molecule has 1 unspecified atom stereocenters. The number of fused-ring (bicyclic) bond motifs is 1. The SMILES string of the molecule is O=C(O)c1ccc(SCC2Cc3cc(F)ccc3O2)cc1. The number of carboxylic acids is 1. The van der Waals surface area contributed by atoms with Crippen LogP contribution in [0.4, 0.5) is 4.39 Å². The molecule has 1 atom stereocenters. The number of hydrogen-bond donors (Lipinski definition) is 1. The van der Waals surface area contributed by atoms with E-state index in [1.807, 2.05) is 0 Å². The molecule has 1 N–H and O–H groups in total. The van der Waals surface area contributed by atoms with Crippen LogP contribution in [0, 0.1) is 5.82 Å². The Hall–Kier alpha value is -2.01. The van der Waals surface area contributed by atoms with Crippen LogP contribution in [-0.4, -0.2) is 22.9 Å². The molecule has 5 heteroatoms. The summed E-state index contributed by atoms with van der Waals surface area (Å²) in [6.45, 7) is 0. The molecular weight excluding hydrogens is 291 g/mol. The van der Waals surface area contributed by atoms with Crippen molar-refractivity contribution in [2.45, 2.75) is 17.4 Å². The Balaban J connectivity index is 1.58. The van der Waals surface area contributed by atoms with E-state index in [4.69, 9.17) is 9.84 Å². The van der Waals surface area contributed by atoms with Gasteiger partial charge in [0, 0.05) is 22.6 Å². The van der Waals surface area contributed by atoms with Gasteiger partial charge in [0.25, 0.3) is 0 Å². The molecule has 1 aliphatic heterocycles. The number of halogens is 1. The molecule has 3 nitrogen and oxygen atoms in total. The van der Waals surface area contributed by atoms with Gasteiger partial charge in [0.2, 0.25) is 0 Å². The van der Waals surface area contributed by atoms with Crippen molar-refractivity contribution in [2.24, 2.45) is 0 Å². The molecule has 0 fully saturated rings. The molecule has 0 bridgehead atoms. The highest BCUT2D eigenvalue weighted by atomic mass is 32.2. The lowest BCUT2D eigenvalue weighted by atomic mass is 10.1. The summed E-state index contributed by atoms with van der Waals surface area (Å²) in [6.07, 6.45) is 0.721. The molecule has 0 saturated heterocycles. The Kier molecular flexibility index (Phi) is 3.84. The quantitative estimate of drug-likeness (QED) is 0.876. The van der Waals surface area contributed by atoms with Gasteiger partial charge >= 0.3 is 5.97 Å². The predicted octanol–water partition coefficient (Wildman–Crippen LogP) is 3.62. The molecule has 2 aromatic rings. The first kappa shape index (κ1) is 13.9. The third-order valence-electron chi connectivity index (χ3n) is 3.30. The number of carbonyl (C=O) groups is 1. The van der Waals surface area contributed by atoms with Gasteiger partial charge in [-0.3, -0.25) is 0 Å². The van der Waals surface area contributed by atoms with Gasteiger partial charge in [0.1, 0.15) is 17.7 Å². The highest BCUT2D eigenvalue weighted by Crippen LogP contribution is 2.32. The number of benzene rings is 2. The minimum Gasteiger partial charge on any atom is -0.489 e. The zero-order valence-electron chi connectivity index (χ0n) is 11.1. The summed E-state index contributed by atoms with van der Waals surface area (Å²) in [5.41, 5.74) is 1.18. The summed E-state index contributed by atoms with van der Waals surface area (Å²) >= 11 is 1.60. The van der Waals surface area contributed by atoms with Crippen LogP contribution >= 0.6 is 11.8 Å². The van der Waals surface area contributed by atoms with Crippen molar-refractivity contribution in [1.29, 1.82) is 0 Å². The second-order valence-corrected chi connectivity index (χ2v) is 5.93.